The number of fused-ring (bicyclic) bond motifs is 2. The van der Waals surface area contributed by atoms with Crippen molar-refractivity contribution < 1.29 is 55.8 Å². The Hall–Kier alpha value is -6.68. The number of benzene rings is 3. The van der Waals surface area contributed by atoms with Gasteiger partial charge >= 0.3 is 10.2 Å². The van der Waals surface area contributed by atoms with Gasteiger partial charge in [0.05, 0.1) is 17.4 Å². The summed E-state index contributed by atoms with van der Waals surface area (Å²) in [5.41, 5.74) is 3.24. The van der Waals surface area contributed by atoms with Gasteiger partial charge < -0.3 is 25.0 Å². The Morgan fingerprint density at radius 1 is 0.970 bits per heavy atom. The lowest BCUT2D eigenvalue weighted by molar-refractivity contribution is -0.137. The molecule has 1 unspecified atom stereocenters. The fraction of sp³-hybridized carbons (Fsp3) is 0.333. The zero-order chi connectivity index (χ0) is 46.9. The summed E-state index contributed by atoms with van der Waals surface area (Å²) in [5.74, 6) is -4.61. The van der Waals surface area contributed by atoms with Crippen molar-refractivity contribution >= 4 is 62.6 Å². The molecule has 0 spiro atoms. The van der Waals surface area contributed by atoms with Gasteiger partial charge in [0.2, 0.25) is 17.6 Å². The van der Waals surface area contributed by atoms with Crippen LogP contribution < -0.4 is 14.9 Å². The Bertz CT molecular complexity index is 2820. The summed E-state index contributed by atoms with van der Waals surface area (Å²) in [6, 6.07) is 15.9. The third kappa shape index (κ3) is 9.50. The van der Waals surface area contributed by atoms with Gasteiger partial charge in [0.15, 0.2) is 5.82 Å². The van der Waals surface area contributed by atoms with Crippen molar-refractivity contribution in [3.05, 3.63) is 113 Å². The number of anilines is 2. The largest absolute Gasteiger partial charge is 0.483 e. The molecule has 2 aromatic heterocycles. The minimum Gasteiger partial charge on any atom is -0.483 e. The third-order valence-electron chi connectivity index (χ3n) is 12.2. The molecular formula is C45H45F3N8O9S. The minimum absolute atomic E-state index is 0.00874. The number of aliphatic hydroxyl groups is 1. The van der Waals surface area contributed by atoms with Crippen LogP contribution in [-0.2, 0) is 37.6 Å². The predicted molar refractivity (Wildman–Crippen MR) is 234 cm³/mol. The number of alkyl halides is 1. The van der Waals surface area contributed by atoms with E-state index in [9.17, 15) is 37.1 Å². The van der Waals surface area contributed by atoms with E-state index in [1.807, 2.05) is 41.1 Å². The number of amides is 3. The Morgan fingerprint density at radius 2 is 1.71 bits per heavy atom. The first-order chi connectivity index (χ1) is 31.6. The SMILES string of the molecule is O=C1CCC(N2Cc3cc(N4CCN(C[C@H](O)Cc5ccc(-c6cnc7[nH]cc(C(=O)c8c(F)ccc(NS(=O)(=O)N9CC[C@@H](F)C9)c8F)c7c6)cc5)CC4)ccc3C2=O)C(=O)N1.O=CO. The van der Waals surface area contributed by atoms with Gasteiger partial charge in [-0.1, -0.05) is 24.3 Å². The van der Waals surface area contributed by atoms with E-state index >= 15 is 8.78 Å². The Morgan fingerprint density at radius 3 is 2.41 bits per heavy atom. The summed E-state index contributed by atoms with van der Waals surface area (Å²) in [4.78, 5) is 72.5. The topological polar surface area (TPSA) is 226 Å². The van der Waals surface area contributed by atoms with Crippen LogP contribution >= 0.6 is 0 Å². The number of carbonyl (C=O) groups is 5. The number of nitrogens with one attached hydrogen (secondary N) is 3. The highest BCUT2D eigenvalue weighted by Crippen LogP contribution is 2.33. The number of aliphatic hydroxyl groups excluding tert-OH is 1. The Labute approximate surface area is 376 Å². The van der Waals surface area contributed by atoms with Gasteiger partial charge in [-0.3, -0.25) is 38.9 Å². The number of hydrogen-bond acceptors (Lipinski definition) is 11. The number of β-amino-alcohol motifs (C(OH)–C–C–N with tert-alkyl or cyclic N) is 1. The summed E-state index contributed by atoms with van der Waals surface area (Å²) >= 11 is 0. The van der Waals surface area contributed by atoms with Gasteiger partial charge in [-0.05, 0) is 72.4 Å². The summed E-state index contributed by atoms with van der Waals surface area (Å²) in [7, 11) is -4.37. The second kappa shape index (κ2) is 19.0. The number of piperidine rings is 1. The molecule has 21 heteroatoms. The maximum atomic E-state index is 15.7. The third-order valence-corrected chi connectivity index (χ3v) is 13.7. The molecule has 5 aromatic rings. The number of imide groups is 1. The van der Waals surface area contributed by atoms with Crippen LogP contribution in [0.5, 0.6) is 0 Å². The summed E-state index contributed by atoms with van der Waals surface area (Å²) < 4.78 is 72.9. The Balaban J connectivity index is 0.00000192. The number of rotatable bonds is 12. The first-order valence-electron chi connectivity index (χ1n) is 21.2. The quantitative estimate of drug-likeness (QED) is 0.0688. The van der Waals surface area contributed by atoms with Crippen LogP contribution in [-0.4, -0.2) is 137 Å². The second-order valence-electron chi connectivity index (χ2n) is 16.5. The van der Waals surface area contributed by atoms with E-state index in [-0.39, 0.29) is 54.3 Å². The molecule has 6 heterocycles. The highest BCUT2D eigenvalue weighted by molar-refractivity contribution is 7.90. The van der Waals surface area contributed by atoms with Gasteiger partial charge in [0.25, 0.3) is 12.4 Å². The van der Waals surface area contributed by atoms with E-state index in [4.69, 9.17) is 9.90 Å². The number of piperazine rings is 1. The number of aromatic nitrogens is 2. The lowest BCUT2D eigenvalue weighted by Gasteiger charge is -2.37. The molecule has 4 aliphatic heterocycles. The number of H-pyrrole nitrogens is 1. The van der Waals surface area contributed by atoms with Gasteiger partial charge in [0.1, 0.15) is 23.7 Å². The van der Waals surface area contributed by atoms with Crippen LogP contribution in [0.3, 0.4) is 0 Å². The van der Waals surface area contributed by atoms with Crippen molar-refractivity contribution in [2.45, 2.75) is 50.5 Å². The van der Waals surface area contributed by atoms with E-state index in [0.29, 0.717) is 37.1 Å². The van der Waals surface area contributed by atoms with E-state index in [1.165, 1.54) is 6.20 Å². The summed E-state index contributed by atoms with van der Waals surface area (Å²) in [6.07, 6.45) is 1.77. The molecule has 0 radical (unpaired) electrons. The van der Waals surface area contributed by atoms with Crippen molar-refractivity contribution in [2.24, 2.45) is 0 Å². The summed E-state index contributed by atoms with van der Waals surface area (Å²) in [5, 5.41) is 20.6. The highest BCUT2D eigenvalue weighted by Gasteiger charge is 2.39. The van der Waals surface area contributed by atoms with Crippen molar-refractivity contribution in [3.8, 4) is 11.1 Å². The zero-order valence-electron chi connectivity index (χ0n) is 35.3. The van der Waals surface area contributed by atoms with E-state index in [0.717, 1.165) is 65.0 Å². The van der Waals surface area contributed by atoms with E-state index < -0.39 is 69.6 Å². The molecule has 17 nitrogen and oxygen atoms in total. The zero-order valence-corrected chi connectivity index (χ0v) is 36.1. The minimum atomic E-state index is -4.37. The van der Waals surface area contributed by atoms with Crippen LogP contribution in [0.25, 0.3) is 22.2 Å². The van der Waals surface area contributed by atoms with Crippen molar-refractivity contribution in [1.82, 2.24) is 29.4 Å². The second-order valence-corrected chi connectivity index (χ2v) is 18.1. The number of aromatic amines is 1. The number of pyridine rings is 1. The predicted octanol–water partition coefficient (Wildman–Crippen LogP) is 3.63. The number of halogens is 3. The van der Waals surface area contributed by atoms with Gasteiger partial charge in [-0.25, -0.2) is 18.2 Å². The number of hydrogen-bond donors (Lipinski definition) is 5. The molecular weight excluding hydrogens is 886 g/mol. The monoisotopic (exact) mass is 930 g/mol. The molecule has 9 rings (SSSR count). The molecule has 66 heavy (non-hydrogen) atoms. The molecule has 3 aromatic carbocycles. The summed E-state index contributed by atoms with van der Waals surface area (Å²) in [6.45, 7) is 2.90. The van der Waals surface area contributed by atoms with Crippen molar-refractivity contribution in [2.75, 3.05) is 55.4 Å². The fourth-order valence-electron chi connectivity index (χ4n) is 8.85. The lowest BCUT2D eigenvalue weighted by atomic mass is 9.99. The number of carboxylic acid groups (broad SMARTS) is 1. The molecule has 4 aliphatic rings. The van der Waals surface area contributed by atoms with Crippen LogP contribution in [0, 0.1) is 11.6 Å². The van der Waals surface area contributed by atoms with Crippen LogP contribution in [0.15, 0.2) is 73.1 Å². The van der Waals surface area contributed by atoms with Gasteiger partial charge in [-0.15, -0.1) is 0 Å². The first kappa shape index (κ1) is 45.9. The molecule has 3 fully saturated rings. The highest BCUT2D eigenvalue weighted by atomic mass is 32.2. The average Bonchev–Trinajstić information content (AvgIpc) is 4.02. The maximum Gasteiger partial charge on any atom is 0.301 e. The number of nitrogens with zero attached hydrogens (tertiary/aromatic N) is 5. The lowest BCUT2D eigenvalue weighted by Crippen LogP contribution is -2.52. The number of ketones is 1. The molecule has 346 valence electrons. The van der Waals surface area contributed by atoms with Gasteiger partial charge in [0, 0.05) is 98.9 Å². The standard InChI is InChI=1S/C44H43F3N8O7S.CH2O2/c45-29-11-12-54(23-29)63(61,62)51-36-8-7-35(46)39(40(36)47)41(58)34-21-49-42-33(34)19-27(20-48-42)26-3-1-25(2-4-26)17-31(56)24-52-13-15-53(16-14-52)30-5-6-32-28(18-30)22-55(44(32)60)37-9-10-38(57)50-43(37)59;2-1-3/h1-8,18-21,29,31,37,51,56H,9-17,22-24H2,(H,48,49)(H,50,57,59);1H,(H,2,3)/t29-,31-,37?;/m1./s1. The number of carbonyl (C=O) groups excluding carboxylic acids is 4. The van der Waals surface area contributed by atoms with Crippen LogP contribution in [0.2, 0.25) is 0 Å². The Kier molecular flexibility index (Phi) is 13.2. The molecule has 3 amide bonds. The molecule has 3 saturated heterocycles. The van der Waals surface area contributed by atoms with Crippen LogP contribution in [0.4, 0.5) is 24.5 Å². The van der Waals surface area contributed by atoms with Crippen molar-refractivity contribution in [3.63, 3.8) is 0 Å². The smallest absolute Gasteiger partial charge is 0.301 e. The molecule has 5 N–H and O–H groups in total. The fourth-order valence-corrected chi connectivity index (χ4v) is 10.1. The first-order valence-corrected chi connectivity index (χ1v) is 22.6. The molecule has 3 atom stereocenters. The van der Waals surface area contributed by atoms with Crippen LogP contribution in [0.1, 0.15) is 56.7 Å². The van der Waals surface area contributed by atoms with Crippen molar-refractivity contribution in [1.29, 1.82) is 0 Å². The maximum absolute atomic E-state index is 15.7. The normalized spacial score (nSPS) is 19.6. The van der Waals surface area contributed by atoms with Gasteiger partial charge in [-0.2, -0.15) is 12.7 Å². The van der Waals surface area contributed by atoms with E-state index in [1.54, 1.807) is 23.2 Å². The molecule has 0 saturated carbocycles. The van der Waals surface area contributed by atoms with E-state index in [2.05, 4.69) is 25.1 Å². The average molecular weight is 931 g/mol. The molecule has 0 bridgehead atoms. The molecule has 0 aliphatic carbocycles.